The van der Waals surface area contributed by atoms with E-state index in [1.807, 2.05) is 0 Å². The number of rotatable bonds is 4. The zero-order valence-corrected chi connectivity index (χ0v) is 53.6. The third kappa shape index (κ3) is 8.20. The lowest BCUT2D eigenvalue weighted by atomic mass is 9.35. The second-order valence-corrected chi connectivity index (χ2v) is 33.3. The second-order valence-electron chi connectivity index (χ2n) is 33.3. The van der Waals surface area contributed by atoms with E-state index in [1.165, 1.54) is 141 Å². The van der Waals surface area contributed by atoms with E-state index < -0.39 is 0 Å². The molecule has 0 bridgehead atoms. The number of nitrogens with zero attached hydrogens (tertiary/aromatic N) is 2. The topological polar surface area (TPSA) is 19.6 Å². The lowest BCUT2D eigenvalue weighted by Crippen LogP contribution is -2.62. The molecular weight excluding hydrogens is 992 g/mol. The number of hydrogen-bond acceptors (Lipinski definition) is 3. The van der Waals surface area contributed by atoms with E-state index in [0.717, 1.165) is 37.1 Å². The summed E-state index contributed by atoms with van der Waals surface area (Å²) in [5.41, 5.74) is 27.2. The van der Waals surface area contributed by atoms with Crippen molar-refractivity contribution in [2.24, 2.45) is 57.2 Å². The molecule has 0 spiro atoms. The van der Waals surface area contributed by atoms with Crippen molar-refractivity contribution in [1.82, 2.24) is 0 Å². The van der Waals surface area contributed by atoms with Crippen molar-refractivity contribution in [2.75, 3.05) is 9.80 Å². The van der Waals surface area contributed by atoms with Gasteiger partial charge in [0.1, 0.15) is 5.76 Å². The van der Waals surface area contributed by atoms with Gasteiger partial charge in [0.2, 0.25) is 0 Å². The largest absolute Gasteiger partial charge is 0.468 e. The third-order valence-electron chi connectivity index (χ3n) is 24.3. The van der Waals surface area contributed by atoms with Gasteiger partial charge in [0.05, 0.1) is 17.0 Å². The maximum absolute atomic E-state index is 8.04. The van der Waals surface area contributed by atoms with Crippen LogP contribution in [0.5, 0.6) is 0 Å². The lowest BCUT2D eigenvalue weighted by Gasteiger charge is -2.54. The Hall–Kier alpha value is -5.22. The van der Waals surface area contributed by atoms with Gasteiger partial charge >= 0.3 is 0 Å². The summed E-state index contributed by atoms with van der Waals surface area (Å²) in [6, 6.07) is 22.5. The van der Waals surface area contributed by atoms with Gasteiger partial charge in [-0.2, -0.15) is 0 Å². The zero-order valence-electron chi connectivity index (χ0n) is 53.6. The molecule has 3 saturated carbocycles. The van der Waals surface area contributed by atoms with Crippen LogP contribution in [-0.4, -0.2) is 6.71 Å². The van der Waals surface area contributed by atoms with Gasteiger partial charge in [-0.1, -0.05) is 196 Å². The van der Waals surface area contributed by atoms with Gasteiger partial charge in [-0.05, 0) is 225 Å². The fraction of sp³-hybridized carbons (Fsp3) is 0.538. The highest BCUT2D eigenvalue weighted by molar-refractivity contribution is 6.99. The van der Waals surface area contributed by atoms with Gasteiger partial charge in [-0.15, -0.1) is 0 Å². The highest BCUT2D eigenvalue weighted by atomic mass is 16.3. The molecule has 2 aliphatic heterocycles. The van der Waals surface area contributed by atoms with E-state index in [-0.39, 0.29) is 44.6 Å². The van der Waals surface area contributed by atoms with E-state index in [1.54, 1.807) is 11.1 Å². The molecule has 3 heterocycles. The number of benzene rings is 3. The molecule has 0 amide bonds. The van der Waals surface area contributed by atoms with Crippen molar-refractivity contribution in [3.8, 4) is 0 Å². The van der Waals surface area contributed by atoms with Crippen LogP contribution in [0, 0.1) is 57.2 Å². The monoisotopic (exact) mass is 1090 g/mol. The molecule has 4 heteroatoms. The Labute approximate surface area is 495 Å². The minimum Gasteiger partial charge on any atom is -0.468 e. The van der Waals surface area contributed by atoms with Crippen molar-refractivity contribution < 1.29 is 4.42 Å². The van der Waals surface area contributed by atoms with Gasteiger partial charge in [0.15, 0.2) is 0 Å². The quantitative estimate of drug-likeness (QED) is 0.190. The normalized spacial score (nSPS) is 29.2. The first kappa shape index (κ1) is 54.7. The summed E-state index contributed by atoms with van der Waals surface area (Å²) in [5, 5.41) is 0. The van der Waals surface area contributed by atoms with Crippen molar-refractivity contribution in [2.45, 2.75) is 211 Å². The van der Waals surface area contributed by atoms with Crippen molar-refractivity contribution >= 4 is 57.7 Å². The first-order valence-corrected chi connectivity index (χ1v) is 32.7. The lowest BCUT2D eigenvalue weighted by molar-refractivity contribution is 0.0322. The first-order valence-electron chi connectivity index (χ1n) is 32.7. The maximum Gasteiger partial charge on any atom is 0.297 e. The molecule has 82 heavy (non-hydrogen) atoms. The Bertz CT molecular complexity index is 3600. The molecule has 0 N–H and O–H groups in total. The molecule has 6 atom stereocenters. The average molecular weight is 1090 g/mol. The summed E-state index contributed by atoms with van der Waals surface area (Å²) in [7, 11) is 0. The standard InChI is InChI=1S/C78H97BN2O/c1-46-28-29-47(2)52-41-68-55(38-51(46)52)70-71(82-68)79-62-42-58-61(78(16,17)35-32-75(58,10)11)45-65(62)80(63-43-59-56(73(6,7)30-33-76(59,12)13)39-53(63)48-24-20-18-21-25-48)66-36-50(72(3,4)5)37-67(69(66)79)81(70)64-44-60-57(74(8,9)31-34-77(60,14)15)40-54(64)49-26-22-19-23-27-49/h18,20-22,24-27,36-37,40-47,51,56-57,60H,19,23,28-35,38-39H2,1-17H3. The molecule has 3 aromatic carbocycles. The van der Waals surface area contributed by atoms with Crippen LogP contribution in [0.25, 0.3) is 11.6 Å². The molecule has 10 aliphatic rings. The molecule has 6 unspecified atom stereocenters. The Balaban J connectivity index is 1.14. The maximum atomic E-state index is 8.04. The molecular formula is C78H97BN2O. The second kappa shape index (κ2) is 18.2. The Morgan fingerprint density at radius 2 is 1.29 bits per heavy atom. The number of furan rings is 1. The average Bonchev–Trinajstić information content (AvgIpc) is 1.59. The van der Waals surface area contributed by atoms with Gasteiger partial charge in [-0.25, -0.2) is 0 Å². The molecule has 1 aromatic heterocycles. The highest BCUT2D eigenvalue weighted by Crippen LogP contribution is 2.62. The minimum absolute atomic E-state index is 0.0122. The zero-order chi connectivity index (χ0) is 57.7. The van der Waals surface area contributed by atoms with E-state index in [4.69, 9.17) is 4.42 Å². The van der Waals surface area contributed by atoms with Crippen LogP contribution in [0.3, 0.4) is 0 Å². The molecule has 3 fully saturated rings. The summed E-state index contributed by atoms with van der Waals surface area (Å²) in [6.45, 7) is 43.0. The van der Waals surface area contributed by atoms with Crippen LogP contribution in [0.15, 0.2) is 129 Å². The number of allylic oxidation sites excluding steroid dienone is 10. The highest BCUT2D eigenvalue weighted by Gasteiger charge is 2.55. The molecule has 428 valence electrons. The number of fused-ring (bicyclic) bond motifs is 10. The first-order chi connectivity index (χ1) is 38.6. The third-order valence-corrected chi connectivity index (χ3v) is 24.3. The van der Waals surface area contributed by atoms with Crippen LogP contribution < -0.4 is 26.4 Å². The summed E-state index contributed by atoms with van der Waals surface area (Å²) < 4.78 is 8.04. The minimum atomic E-state index is -0.154. The van der Waals surface area contributed by atoms with E-state index in [2.05, 4.69) is 225 Å². The van der Waals surface area contributed by atoms with Crippen molar-refractivity contribution in [1.29, 1.82) is 0 Å². The van der Waals surface area contributed by atoms with E-state index >= 15 is 0 Å². The Kier molecular flexibility index (Phi) is 12.1. The molecule has 14 rings (SSSR count). The van der Waals surface area contributed by atoms with Crippen molar-refractivity contribution in [3.63, 3.8) is 0 Å². The van der Waals surface area contributed by atoms with Gasteiger partial charge in [0.25, 0.3) is 6.71 Å². The SMILES string of the molecule is CC1CCC(C)C2Cc3c(oc4c3N(C3=CC5C(C=C3C3=CCCC=C3)C(C)(C)CCC5(C)C)c3cc(C(C)(C)C)cc5c3B4c3cc4c(cc3N5C3=C(c5ccccc5)CC5C(=C3)C(C)(C)CCC5(C)C)C(C)(C)CCC4(C)C)C=C12. The van der Waals surface area contributed by atoms with E-state index in [0.29, 0.717) is 35.5 Å². The van der Waals surface area contributed by atoms with Gasteiger partial charge in [0, 0.05) is 33.9 Å². The molecule has 4 aromatic rings. The number of hydrogen-bond donors (Lipinski definition) is 0. The Morgan fingerprint density at radius 1 is 0.646 bits per heavy atom. The molecule has 8 aliphatic carbocycles. The van der Waals surface area contributed by atoms with Crippen LogP contribution in [0.1, 0.15) is 222 Å². The smallest absolute Gasteiger partial charge is 0.297 e. The predicted molar refractivity (Wildman–Crippen MR) is 350 cm³/mol. The number of anilines is 4. The van der Waals surface area contributed by atoms with E-state index in [9.17, 15) is 0 Å². The summed E-state index contributed by atoms with van der Waals surface area (Å²) in [4.78, 5) is 5.75. The predicted octanol–water partition coefficient (Wildman–Crippen LogP) is 19.3. The Morgan fingerprint density at radius 3 is 1.96 bits per heavy atom. The molecule has 0 saturated heterocycles. The molecule has 3 nitrogen and oxygen atoms in total. The summed E-state index contributed by atoms with van der Waals surface area (Å²) >= 11 is 0. The van der Waals surface area contributed by atoms with Crippen LogP contribution in [0.4, 0.5) is 22.7 Å². The van der Waals surface area contributed by atoms with Gasteiger partial charge in [-0.3, -0.25) is 0 Å². The van der Waals surface area contributed by atoms with Gasteiger partial charge < -0.3 is 14.2 Å². The summed E-state index contributed by atoms with van der Waals surface area (Å²) in [6.07, 6.45) is 32.4. The van der Waals surface area contributed by atoms with Crippen LogP contribution >= 0.6 is 0 Å². The fourth-order valence-electron chi connectivity index (χ4n) is 18.3. The van der Waals surface area contributed by atoms with Crippen molar-refractivity contribution in [3.05, 3.63) is 158 Å². The van der Waals surface area contributed by atoms with Crippen LogP contribution in [0.2, 0.25) is 0 Å². The van der Waals surface area contributed by atoms with Crippen LogP contribution in [-0.2, 0) is 22.7 Å². The molecule has 0 radical (unpaired) electrons. The fourth-order valence-corrected chi connectivity index (χ4v) is 18.3. The summed E-state index contributed by atoms with van der Waals surface area (Å²) in [5.74, 6) is 4.04.